The van der Waals surface area contributed by atoms with Crippen molar-refractivity contribution in [2.24, 2.45) is 0 Å². The highest BCUT2D eigenvalue weighted by molar-refractivity contribution is 6.04. The molecule has 2 aliphatic heterocycles. The van der Waals surface area contributed by atoms with Gasteiger partial charge in [-0.15, -0.1) is 0 Å². The second-order valence-corrected chi connectivity index (χ2v) is 8.95. The molecule has 0 spiro atoms. The molecule has 36 heavy (non-hydrogen) atoms. The summed E-state index contributed by atoms with van der Waals surface area (Å²) in [6.45, 7) is 8.28. The van der Waals surface area contributed by atoms with Gasteiger partial charge in [-0.3, -0.25) is 9.69 Å². The zero-order chi connectivity index (χ0) is 26.0. The molecular weight excluding hydrogens is 481 g/mol. The van der Waals surface area contributed by atoms with Crippen molar-refractivity contribution in [3.63, 3.8) is 0 Å². The number of amides is 1. The minimum Gasteiger partial charge on any atom is -0.368 e. The Balaban J connectivity index is 1.53. The standard InChI is InChI=1S/C25H28F5N5O/c1-3-34-8-10-35(11-9-34)14-17-5-4-16(12-18(17)25(28,29)30)24(36)32-20-7-6-19(26)22(21(20)27)33-23-15(2)13-31-23/h4-7,12,31,33H,3,8-11,13-14H2,1-2H3,(H,32,36). The zero-order valence-corrected chi connectivity index (χ0v) is 20.0. The van der Waals surface area contributed by atoms with Crippen molar-refractivity contribution in [2.75, 3.05) is 49.9 Å². The van der Waals surface area contributed by atoms with Crippen LogP contribution in [0.2, 0.25) is 0 Å². The highest BCUT2D eigenvalue weighted by atomic mass is 19.4. The van der Waals surface area contributed by atoms with Crippen molar-refractivity contribution >= 4 is 17.3 Å². The summed E-state index contributed by atoms with van der Waals surface area (Å²) in [6.07, 6.45) is -4.67. The van der Waals surface area contributed by atoms with Crippen LogP contribution in [-0.2, 0) is 12.7 Å². The maximum absolute atomic E-state index is 14.9. The minimum absolute atomic E-state index is 0.0695. The topological polar surface area (TPSA) is 59.6 Å². The van der Waals surface area contributed by atoms with E-state index in [1.54, 1.807) is 6.92 Å². The Bertz CT molecular complexity index is 1170. The molecule has 0 saturated carbocycles. The van der Waals surface area contributed by atoms with E-state index < -0.39 is 35.0 Å². The van der Waals surface area contributed by atoms with Gasteiger partial charge in [0.2, 0.25) is 0 Å². The van der Waals surface area contributed by atoms with Gasteiger partial charge in [-0.05, 0) is 48.9 Å². The molecule has 4 rings (SSSR count). The molecule has 1 amide bonds. The summed E-state index contributed by atoms with van der Waals surface area (Å²) in [5.74, 6) is -2.41. The predicted octanol–water partition coefficient (Wildman–Crippen LogP) is 4.62. The Kier molecular flexibility index (Phi) is 7.51. The van der Waals surface area contributed by atoms with Gasteiger partial charge >= 0.3 is 6.18 Å². The molecule has 0 bridgehead atoms. The van der Waals surface area contributed by atoms with Crippen molar-refractivity contribution in [1.82, 2.24) is 15.1 Å². The fraction of sp³-hybridized carbons (Fsp3) is 0.400. The molecule has 2 aromatic rings. The predicted molar refractivity (Wildman–Crippen MR) is 127 cm³/mol. The van der Waals surface area contributed by atoms with Crippen LogP contribution < -0.4 is 16.0 Å². The van der Waals surface area contributed by atoms with Crippen LogP contribution in [0.25, 0.3) is 0 Å². The van der Waals surface area contributed by atoms with Crippen molar-refractivity contribution in [3.05, 3.63) is 70.1 Å². The van der Waals surface area contributed by atoms with Crippen molar-refractivity contribution < 1.29 is 26.7 Å². The molecule has 0 unspecified atom stereocenters. The molecule has 194 valence electrons. The van der Waals surface area contributed by atoms with Crippen molar-refractivity contribution in [3.8, 4) is 0 Å². The van der Waals surface area contributed by atoms with Gasteiger partial charge in [-0.25, -0.2) is 8.78 Å². The number of halogens is 5. The first-order valence-electron chi connectivity index (χ1n) is 11.7. The first-order valence-corrected chi connectivity index (χ1v) is 11.7. The number of nitrogens with zero attached hydrogens (tertiary/aromatic N) is 2. The lowest BCUT2D eigenvalue weighted by molar-refractivity contribution is -0.138. The average Bonchev–Trinajstić information content (AvgIpc) is 2.84. The SMILES string of the molecule is CCN1CCN(Cc2ccc(C(=O)Nc3ccc(F)c(NC4=C(C)CN4)c3F)cc2C(F)(F)F)CC1. The molecule has 1 fully saturated rings. The highest BCUT2D eigenvalue weighted by Crippen LogP contribution is 2.34. The summed E-state index contributed by atoms with van der Waals surface area (Å²) in [5.41, 5.74) is -1.07. The summed E-state index contributed by atoms with van der Waals surface area (Å²) in [6, 6.07) is 5.35. The number of alkyl halides is 3. The Hall–Kier alpha value is -3.18. The fourth-order valence-electron chi connectivity index (χ4n) is 4.21. The normalized spacial score (nSPS) is 17.0. The number of piperazine rings is 1. The van der Waals surface area contributed by atoms with E-state index in [2.05, 4.69) is 20.9 Å². The lowest BCUT2D eigenvalue weighted by Gasteiger charge is -2.34. The second-order valence-electron chi connectivity index (χ2n) is 8.95. The van der Waals surface area contributed by atoms with Crippen LogP contribution in [0, 0.1) is 11.6 Å². The minimum atomic E-state index is -4.67. The number of hydrogen-bond donors (Lipinski definition) is 3. The molecule has 2 aromatic carbocycles. The maximum Gasteiger partial charge on any atom is 0.416 e. The molecule has 11 heteroatoms. The average molecular weight is 510 g/mol. The van der Waals surface area contributed by atoms with Gasteiger partial charge in [0.05, 0.1) is 11.3 Å². The third-order valence-electron chi connectivity index (χ3n) is 6.53. The van der Waals surface area contributed by atoms with E-state index in [0.29, 0.717) is 25.5 Å². The Morgan fingerprint density at radius 3 is 2.33 bits per heavy atom. The fourth-order valence-corrected chi connectivity index (χ4v) is 4.21. The van der Waals surface area contributed by atoms with Crippen LogP contribution in [0.15, 0.2) is 41.7 Å². The van der Waals surface area contributed by atoms with Crippen LogP contribution in [-0.4, -0.2) is 55.0 Å². The summed E-state index contributed by atoms with van der Waals surface area (Å²) < 4.78 is 70.7. The molecule has 3 N–H and O–H groups in total. The number of anilines is 2. The van der Waals surface area contributed by atoms with Gasteiger partial charge in [-0.2, -0.15) is 13.2 Å². The molecule has 2 aliphatic rings. The number of carbonyl (C=O) groups excluding carboxylic acids is 1. The van der Waals surface area contributed by atoms with E-state index in [1.165, 1.54) is 12.1 Å². The summed E-state index contributed by atoms with van der Waals surface area (Å²) in [5, 5.41) is 7.76. The van der Waals surface area contributed by atoms with Gasteiger partial charge in [0.1, 0.15) is 17.3 Å². The number of rotatable bonds is 7. The molecular formula is C25H28F5N5O. The third kappa shape index (κ3) is 5.62. The van der Waals surface area contributed by atoms with Crippen LogP contribution in [0.4, 0.5) is 33.3 Å². The monoisotopic (exact) mass is 509 g/mol. The lowest BCUT2D eigenvalue weighted by atomic mass is 10.0. The summed E-state index contributed by atoms with van der Waals surface area (Å²) >= 11 is 0. The molecule has 0 atom stereocenters. The first kappa shape index (κ1) is 25.9. The summed E-state index contributed by atoms with van der Waals surface area (Å²) in [4.78, 5) is 16.9. The van der Waals surface area contributed by atoms with Crippen LogP contribution in [0.5, 0.6) is 0 Å². The van der Waals surface area contributed by atoms with E-state index in [0.717, 1.165) is 43.4 Å². The number of benzene rings is 2. The van der Waals surface area contributed by atoms with E-state index in [1.807, 2.05) is 11.8 Å². The number of likely N-dealkylation sites (N-methyl/N-ethyl adjacent to an activating group) is 1. The molecule has 6 nitrogen and oxygen atoms in total. The first-order chi connectivity index (χ1) is 17.1. The molecule has 0 aliphatic carbocycles. The van der Waals surface area contributed by atoms with Crippen LogP contribution >= 0.6 is 0 Å². The molecule has 2 heterocycles. The van der Waals surface area contributed by atoms with Gasteiger partial charge in [0, 0.05) is 44.8 Å². The van der Waals surface area contributed by atoms with E-state index in [4.69, 9.17) is 0 Å². The highest BCUT2D eigenvalue weighted by Gasteiger charge is 2.35. The Morgan fingerprint density at radius 2 is 1.75 bits per heavy atom. The smallest absolute Gasteiger partial charge is 0.368 e. The third-order valence-corrected chi connectivity index (χ3v) is 6.53. The molecule has 1 saturated heterocycles. The maximum atomic E-state index is 14.9. The molecule has 0 aromatic heterocycles. The van der Waals surface area contributed by atoms with E-state index in [9.17, 15) is 26.7 Å². The Morgan fingerprint density at radius 1 is 1.06 bits per heavy atom. The largest absolute Gasteiger partial charge is 0.416 e. The molecule has 0 radical (unpaired) electrons. The van der Waals surface area contributed by atoms with Gasteiger partial charge in [0.25, 0.3) is 5.91 Å². The van der Waals surface area contributed by atoms with Gasteiger partial charge in [0.15, 0.2) is 5.82 Å². The van der Waals surface area contributed by atoms with Crippen LogP contribution in [0.1, 0.15) is 35.3 Å². The van der Waals surface area contributed by atoms with Gasteiger partial charge < -0.3 is 20.9 Å². The summed E-state index contributed by atoms with van der Waals surface area (Å²) in [7, 11) is 0. The lowest BCUT2D eigenvalue weighted by Crippen LogP contribution is -2.45. The second kappa shape index (κ2) is 10.4. The number of nitrogens with one attached hydrogen (secondary N) is 3. The van der Waals surface area contributed by atoms with E-state index >= 15 is 0 Å². The quantitative estimate of drug-likeness (QED) is 0.476. The number of carbonyl (C=O) groups is 1. The van der Waals surface area contributed by atoms with Crippen molar-refractivity contribution in [2.45, 2.75) is 26.6 Å². The van der Waals surface area contributed by atoms with Crippen molar-refractivity contribution in [1.29, 1.82) is 0 Å². The number of hydrogen-bond acceptors (Lipinski definition) is 5. The Labute approximate surface area is 206 Å². The zero-order valence-electron chi connectivity index (χ0n) is 20.0. The van der Waals surface area contributed by atoms with E-state index in [-0.39, 0.29) is 23.4 Å². The van der Waals surface area contributed by atoms with Gasteiger partial charge in [-0.1, -0.05) is 13.0 Å². The van der Waals surface area contributed by atoms with Crippen LogP contribution in [0.3, 0.4) is 0 Å².